The Bertz CT molecular complexity index is 1440. The summed E-state index contributed by atoms with van der Waals surface area (Å²) in [5.74, 6) is 4.09. The average Bonchev–Trinajstić information content (AvgIpc) is 3.30. The lowest BCUT2D eigenvalue weighted by Gasteiger charge is -2.12. The highest BCUT2D eigenvalue weighted by Gasteiger charge is 2.58. The predicted octanol–water partition coefficient (Wildman–Crippen LogP) is 5.38. The number of fused-ring (bicyclic) bond motifs is 3. The molecule has 4 aromatic rings. The molecule has 8 nitrogen and oxygen atoms in total. The first-order chi connectivity index (χ1) is 16.5. The van der Waals surface area contributed by atoms with Gasteiger partial charge in [-0.2, -0.15) is 5.10 Å². The number of anilines is 2. The monoisotopic (exact) mass is 454 g/mol. The second-order valence-electron chi connectivity index (χ2n) is 9.24. The van der Waals surface area contributed by atoms with Crippen LogP contribution >= 0.6 is 0 Å². The van der Waals surface area contributed by atoms with Gasteiger partial charge in [-0.05, 0) is 53.8 Å². The molecule has 2 N–H and O–H groups in total. The van der Waals surface area contributed by atoms with Gasteiger partial charge in [-0.3, -0.25) is 10.1 Å². The molecule has 0 bridgehead atoms. The summed E-state index contributed by atoms with van der Waals surface area (Å²) in [6.45, 7) is 4.12. The van der Waals surface area contributed by atoms with Crippen LogP contribution in [0.2, 0.25) is 0 Å². The summed E-state index contributed by atoms with van der Waals surface area (Å²) >= 11 is 0. The normalized spacial score (nSPS) is 20.2. The highest BCUT2D eigenvalue weighted by molar-refractivity contribution is 5.94. The van der Waals surface area contributed by atoms with Crippen molar-refractivity contribution in [3.63, 3.8) is 0 Å². The molecule has 1 spiro atoms. The number of aromatic amines is 1. The number of methoxy groups -OCH3 is 2. The maximum atomic E-state index is 5.45. The third kappa shape index (κ3) is 3.13. The Kier molecular flexibility index (Phi) is 4.58. The largest absolute Gasteiger partial charge is 0.497 e. The van der Waals surface area contributed by atoms with E-state index in [1.807, 2.05) is 12.1 Å². The van der Waals surface area contributed by atoms with Crippen molar-refractivity contribution >= 4 is 34.4 Å². The number of nitrogens with zero attached hydrogens (tertiary/aromatic N) is 4. The van der Waals surface area contributed by atoms with Crippen LogP contribution in [0.15, 0.2) is 47.6 Å². The van der Waals surface area contributed by atoms with Crippen LogP contribution in [-0.4, -0.2) is 40.6 Å². The molecule has 0 unspecified atom stereocenters. The Labute approximate surface area is 197 Å². The molecule has 172 valence electrons. The van der Waals surface area contributed by atoms with E-state index in [1.54, 1.807) is 20.4 Å². The molecular weight excluding hydrogens is 428 g/mol. The molecule has 6 rings (SSSR count). The Morgan fingerprint density at radius 3 is 2.76 bits per heavy atom. The van der Waals surface area contributed by atoms with E-state index in [1.165, 1.54) is 11.1 Å². The van der Waals surface area contributed by atoms with Gasteiger partial charge in [0, 0.05) is 22.9 Å². The van der Waals surface area contributed by atoms with Crippen molar-refractivity contribution in [2.24, 2.45) is 4.99 Å². The summed E-state index contributed by atoms with van der Waals surface area (Å²) in [6, 6.07) is 12.6. The summed E-state index contributed by atoms with van der Waals surface area (Å²) in [5, 5.41) is 12.0. The first-order valence-corrected chi connectivity index (χ1v) is 11.4. The number of nitrogens with one attached hydrogen (secondary N) is 2. The van der Waals surface area contributed by atoms with E-state index < -0.39 is 0 Å². The van der Waals surface area contributed by atoms with E-state index in [2.05, 4.69) is 74.8 Å². The van der Waals surface area contributed by atoms with Crippen molar-refractivity contribution in [2.45, 2.75) is 37.5 Å². The number of aliphatic imine (C=N–C) groups is 1. The molecule has 1 aliphatic heterocycles. The smallest absolute Gasteiger partial charge is 0.179 e. The van der Waals surface area contributed by atoms with Crippen LogP contribution in [0.1, 0.15) is 49.1 Å². The van der Waals surface area contributed by atoms with Gasteiger partial charge in [0.2, 0.25) is 0 Å². The summed E-state index contributed by atoms with van der Waals surface area (Å²) in [4.78, 5) is 13.7. The van der Waals surface area contributed by atoms with Crippen molar-refractivity contribution in [3.8, 4) is 11.5 Å². The van der Waals surface area contributed by atoms with Gasteiger partial charge in [0.05, 0.1) is 31.6 Å². The first-order valence-electron chi connectivity index (χ1n) is 11.4. The maximum absolute atomic E-state index is 5.45. The van der Waals surface area contributed by atoms with Gasteiger partial charge >= 0.3 is 0 Å². The number of rotatable bonds is 6. The summed E-state index contributed by atoms with van der Waals surface area (Å²) in [5.41, 5.74) is 4.49. The molecule has 3 heterocycles. The van der Waals surface area contributed by atoms with Crippen molar-refractivity contribution in [3.05, 3.63) is 59.5 Å². The molecule has 1 aliphatic carbocycles. The molecule has 8 heteroatoms. The van der Waals surface area contributed by atoms with Crippen LogP contribution in [0.25, 0.3) is 10.9 Å². The lowest BCUT2D eigenvalue weighted by Crippen LogP contribution is -2.07. The van der Waals surface area contributed by atoms with Gasteiger partial charge < -0.3 is 14.8 Å². The zero-order valence-corrected chi connectivity index (χ0v) is 19.6. The topological polar surface area (TPSA) is 97.3 Å². The van der Waals surface area contributed by atoms with Crippen molar-refractivity contribution in [1.82, 2.24) is 20.2 Å². The standard InChI is InChI=1S/C26H26N6O2/c1-14(2)23-27-12-22(34-4)25(29-23)30-24-17-7-5-15(9-21(17)31-32-24)19-11-26(19)13-28-20-8-6-16(33-3)10-18(20)26/h5-10,12-14,19H,11H2,1-4H3,(H2,27,29,30,31,32)/t19-,26-/m0/s1. The predicted molar refractivity (Wildman–Crippen MR) is 132 cm³/mol. The van der Waals surface area contributed by atoms with Gasteiger partial charge in [-0.15, -0.1) is 0 Å². The number of hydrogen-bond donors (Lipinski definition) is 2. The number of ether oxygens (including phenoxy) is 2. The molecule has 1 fully saturated rings. The lowest BCUT2D eigenvalue weighted by molar-refractivity contribution is 0.412. The molecule has 2 aromatic heterocycles. The van der Waals surface area contributed by atoms with Crippen molar-refractivity contribution in [2.75, 3.05) is 19.5 Å². The van der Waals surface area contributed by atoms with E-state index in [-0.39, 0.29) is 11.3 Å². The van der Waals surface area contributed by atoms with Gasteiger partial charge in [0.25, 0.3) is 0 Å². The fourth-order valence-electron chi connectivity index (χ4n) is 4.88. The number of hydrogen-bond acceptors (Lipinski definition) is 7. The number of aromatic nitrogens is 4. The Morgan fingerprint density at radius 1 is 1.09 bits per heavy atom. The van der Waals surface area contributed by atoms with Crippen molar-refractivity contribution < 1.29 is 9.47 Å². The van der Waals surface area contributed by atoms with E-state index in [0.717, 1.165) is 34.6 Å². The second kappa shape index (κ2) is 7.55. The average molecular weight is 455 g/mol. The summed E-state index contributed by atoms with van der Waals surface area (Å²) in [7, 11) is 3.31. The molecule has 1 saturated carbocycles. The number of benzene rings is 2. The zero-order valence-electron chi connectivity index (χ0n) is 19.6. The molecule has 0 saturated heterocycles. The van der Waals surface area contributed by atoms with Crippen LogP contribution in [-0.2, 0) is 5.41 Å². The van der Waals surface area contributed by atoms with Crippen LogP contribution in [0.3, 0.4) is 0 Å². The van der Waals surface area contributed by atoms with Crippen LogP contribution in [0.5, 0.6) is 11.5 Å². The zero-order chi connectivity index (χ0) is 23.4. The molecule has 0 amide bonds. The Balaban J connectivity index is 1.30. The third-order valence-corrected chi connectivity index (χ3v) is 6.88. The third-order valence-electron chi connectivity index (χ3n) is 6.88. The van der Waals surface area contributed by atoms with E-state index >= 15 is 0 Å². The highest BCUT2D eigenvalue weighted by Crippen LogP contribution is 2.64. The van der Waals surface area contributed by atoms with Gasteiger partial charge in [0.1, 0.15) is 11.6 Å². The molecule has 2 aromatic carbocycles. The minimum atomic E-state index is -0.0414. The molecule has 0 radical (unpaired) electrons. The minimum absolute atomic E-state index is 0.0414. The van der Waals surface area contributed by atoms with E-state index in [0.29, 0.717) is 23.3 Å². The molecule has 34 heavy (non-hydrogen) atoms. The Hall–Kier alpha value is -3.94. The number of H-pyrrole nitrogens is 1. The van der Waals surface area contributed by atoms with Gasteiger partial charge in [-0.25, -0.2) is 9.97 Å². The van der Waals surface area contributed by atoms with Crippen LogP contribution in [0.4, 0.5) is 17.3 Å². The van der Waals surface area contributed by atoms with E-state index in [4.69, 9.17) is 9.47 Å². The molecule has 2 aliphatic rings. The molecule has 2 atom stereocenters. The fraction of sp³-hybridized carbons (Fsp3) is 0.308. The fourth-order valence-corrected chi connectivity index (χ4v) is 4.88. The maximum Gasteiger partial charge on any atom is 0.179 e. The Morgan fingerprint density at radius 2 is 1.97 bits per heavy atom. The molecular formula is C26H26N6O2. The summed E-state index contributed by atoms with van der Waals surface area (Å²) in [6.07, 6.45) is 4.84. The second-order valence-corrected chi connectivity index (χ2v) is 9.24. The highest BCUT2D eigenvalue weighted by atomic mass is 16.5. The lowest BCUT2D eigenvalue weighted by atomic mass is 9.92. The van der Waals surface area contributed by atoms with Gasteiger partial charge in [-0.1, -0.05) is 19.9 Å². The van der Waals surface area contributed by atoms with Gasteiger partial charge in [0.15, 0.2) is 17.4 Å². The van der Waals surface area contributed by atoms with E-state index in [9.17, 15) is 0 Å². The minimum Gasteiger partial charge on any atom is -0.497 e. The van der Waals surface area contributed by atoms with Crippen LogP contribution in [0, 0.1) is 0 Å². The van der Waals surface area contributed by atoms with Crippen molar-refractivity contribution in [1.29, 1.82) is 0 Å². The quantitative estimate of drug-likeness (QED) is 0.406. The first kappa shape index (κ1) is 20.7. The summed E-state index contributed by atoms with van der Waals surface area (Å²) < 4.78 is 10.9. The van der Waals surface area contributed by atoms with Crippen LogP contribution < -0.4 is 14.8 Å². The SMILES string of the molecule is COc1ccc2c(c1)[C@@]1(C=N2)C[C@H]1c1ccc2c(Nc3nc(C(C)C)ncc3OC)n[nH]c2c1.